The van der Waals surface area contributed by atoms with Crippen molar-refractivity contribution in [2.45, 2.75) is 49.8 Å². The van der Waals surface area contributed by atoms with Gasteiger partial charge >= 0.3 is 0 Å². The summed E-state index contributed by atoms with van der Waals surface area (Å²) in [6.45, 7) is 5.24. The van der Waals surface area contributed by atoms with Crippen molar-refractivity contribution in [2.24, 2.45) is 10.1 Å². The van der Waals surface area contributed by atoms with Crippen molar-refractivity contribution in [2.75, 3.05) is 22.4 Å². The SMILES string of the molecule is Cc1c(Nc2cccc(NS(=O)[O-])c2)nc(N=C2C=CC3OC(C)(C)C(=O)N(C)C3C2)nc1Nc1cccc(S(N)(=O)=O)c1. The van der Waals surface area contributed by atoms with Crippen LogP contribution < -0.4 is 20.5 Å². The van der Waals surface area contributed by atoms with Crippen LogP contribution in [-0.2, 0) is 30.8 Å². The lowest BCUT2D eigenvalue weighted by molar-refractivity contribution is -0.180. The summed E-state index contributed by atoms with van der Waals surface area (Å²) in [5.74, 6) is 0.646. The monoisotopic (exact) mass is 639 g/mol. The van der Waals surface area contributed by atoms with Gasteiger partial charge in [0.25, 0.3) is 11.9 Å². The number of nitrogens with two attached hydrogens (primary N) is 1. The molecule has 5 N–H and O–H groups in total. The van der Waals surface area contributed by atoms with Gasteiger partial charge in [-0.2, -0.15) is 9.97 Å². The van der Waals surface area contributed by atoms with Crippen LogP contribution in [0.4, 0.5) is 34.6 Å². The first kappa shape index (κ1) is 31.2. The van der Waals surface area contributed by atoms with Crippen molar-refractivity contribution in [1.82, 2.24) is 14.9 Å². The van der Waals surface area contributed by atoms with Crippen molar-refractivity contribution in [3.63, 3.8) is 0 Å². The van der Waals surface area contributed by atoms with E-state index < -0.39 is 26.9 Å². The van der Waals surface area contributed by atoms with E-state index in [-0.39, 0.29) is 28.9 Å². The third kappa shape index (κ3) is 6.95. The molecule has 1 aromatic heterocycles. The molecule has 1 aliphatic carbocycles. The van der Waals surface area contributed by atoms with Gasteiger partial charge < -0.3 is 29.5 Å². The van der Waals surface area contributed by atoms with Crippen molar-refractivity contribution in [3.8, 4) is 0 Å². The average Bonchev–Trinajstić information content (AvgIpc) is 2.94. The fraction of sp³-hybridized carbons (Fsp3) is 0.286. The number of ether oxygens (including phenoxy) is 1. The number of nitrogens with zero attached hydrogens (tertiary/aromatic N) is 4. The van der Waals surface area contributed by atoms with Crippen LogP contribution in [0.5, 0.6) is 0 Å². The van der Waals surface area contributed by atoms with Gasteiger partial charge in [0.2, 0.25) is 10.0 Å². The van der Waals surface area contributed by atoms with E-state index in [4.69, 9.17) is 9.88 Å². The molecule has 16 heteroatoms. The number of morpholine rings is 1. The molecule has 0 radical (unpaired) electrons. The molecule has 1 aliphatic heterocycles. The summed E-state index contributed by atoms with van der Waals surface area (Å²) in [6, 6.07) is 12.3. The number of anilines is 5. The molecule has 1 saturated heterocycles. The highest BCUT2D eigenvalue weighted by Crippen LogP contribution is 2.33. The Bertz CT molecular complexity index is 1810. The highest BCUT2D eigenvalue weighted by atomic mass is 32.2. The zero-order valence-corrected chi connectivity index (χ0v) is 25.9. The first-order chi connectivity index (χ1) is 20.7. The number of allylic oxidation sites excluding steroid dienone is 1. The van der Waals surface area contributed by atoms with Crippen LogP contribution in [0.25, 0.3) is 0 Å². The molecule has 3 aromatic rings. The number of rotatable bonds is 8. The van der Waals surface area contributed by atoms with E-state index in [1.807, 2.05) is 12.2 Å². The van der Waals surface area contributed by atoms with Crippen LogP contribution in [0.1, 0.15) is 25.8 Å². The molecule has 3 unspecified atom stereocenters. The third-order valence-corrected chi connectivity index (χ3v) is 8.48. The van der Waals surface area contributed by atoms with Crippen molar-refractivity contribution >= 4 is 67.6 Å². The van der Waals surface area contributed by atoms with Gasteiger partial charge in [-0.25, -0.2) is 18.5 Å². The number of amides is 1. The molecule has 1 amide bonds. The fourth-order valence-corrected chi connectivity index (χ4v) is 5.84. The zero-order chi connectivity index (χ0) is 31.8. The number of carbonyl (C=O) groups is 1. The predicted molar refractivity (Wildman–Crippen MR) is 166 cm³/mol. The lowest BCUT2D eigenvalue weighted by Gasteiger charge is -2.46. The summed E-state index contributed by atoms with van der Waals surface area (Å²) in [5, 5.41) is 11.6. The maximum atomic E-state index is 12.8. The van der Waals surface area contributed by atoms with E-state index in [0.717, 1.165) is 0 Å². The standard InChI is InChI=1S/C28H32N8O6S2/c1-16-24(30-17-7-5-9-20(13-17)35-43(38)39)33-27(34-25(16)31-18-8-6-10-21(14-18)44(29,40)41)32-19-11-12-23-22(15-19)36(4)26(37)28(2,3)42-23/h5-14,22-23,35H,15H2,1-4H3,(H,38,39)(H2,29,40,41)(H2,30,31,33,34)/p-1. The predicted octanol–water partition coefficient (Wildman–Crippen LogP) is 3.16. The highest BCUT2D eigenvalue weighted by Gasteiger charge is 2.46. The number of benzene rings is 2. The normalized spacial score (nSPS) is 21.1. The Morgan fingerprint density at radius 3 is 2.34 bits per heavy atom. The largest absolute Gasteiger partial charge is 0.755 e. The maximum Gasteiger partial charge on any atom is 0.254 e. The molecule has 5 rings (SSSR count). The van der Waals surface area contributed by atoms with E-state index in [1.165, 1.54) is 12.1 Å². The molecule has 1 fully saturated rings. The first-order valence-corrected chi connectivity index (χ1v) is 16.0. The molecule has 3 atom stereocenters. The van der Waals surface area contributed by atoms with Gasteiger partial charge in [-0.3, -0.25) is 9.00 Å². The maximum absolute atomic E-state index is 12.8. The lowest BCUT2D eigenvalue weighted by atomic mass is 9.91. The van der Waals surface area contributed by atoms with Crippen LogP contribution in [0.3, 0.4) is 0 Å². The first-order valence-electron chi connectivity index (χ1n) is 13.4. The van der Waals surface area contributed by atoms with Crippen molar-refractivity contribution in [1.29, 1.82) is 0 Å². The highest BCUT2D eigenvalue weighted by molar-refractivity contribution is 7.89. The van der Waals surface area contributed by atoms with Crippen LogP contribution in [0.2, 0.25) is 0 Å². The number of sulfonamides is 1. The molecule has 232 valence electrons. The Morgan fingerprint density at radius 2 is 1.70 bits per heavy atom. The van der Waals surface area contributed by atoms with Crippen molar-refractivity contribution in [3.05, 3.63) is 66.2 Å². The summed E-state index contributed by atoms with van der Waals surface area (Å²) in [4.78, 5) is 28.3. The molecular formula is C28H31N8O6S2-. The van der Waals surface area contributed by atoms with Gasteiger partial charge in [0.05, 0.1) is 17.0 Å². The summed E-state index contributed by atoms with van der Waals surface area (Å²) in [5.41, 5.74) is 1.53. The summed E-state index contributed by atoms with van der Waals surface area (Å²) in [7, 11) is -2.20. The third-order valence-electron chi connectivity index (χ3n) is 7.17. The van der Waals surface area contributed by atoms with Crippen LogP contribution in [0.15, 0.2) is 70.6 Å². The number of aromatic nitrogens is 2. The van der Waals surface area contributed by atoms with Crippen molar-refractivity contribution < 1.29 is 26.7 Å². The van der Waals surface area contributed by atoms with Crippen LogP contribution >= 0.6 is 0 Å². The fourth-order valence-electron chi connectivity index (χ4n) is 4.96. The zero-order valence-electron chi connectivity index (χ0n) is 24.3. The number of aliphatic imine (C=N–C) groups is 1. The topological polar surface area (TPSA) is 204 Å². The van der Waals surface area contributed by atoms with Crippen LogP contribution in [0, 0.1) is 6.92 Å². The van der Waals surface area contributed by atoms with E-state index >= 15 is 0 Å². The van der Waals surface area contributed by atoms with Crippen LogP contribution in [-0.4, -0.2) is 68.5 Å². The Kier molecular flexibility index (Phi) is 8.55. The number of carbonyl (C=O) groups excluding carboxylic acids is 1. The molecule has 2 heterocycles. The second-order valence-electron chi connectivity index (χ2n) is 10.8. The van der Waals surface area contributed by atoms with Gasteiger partial charge in [0.1, 0.15) is 17.2 Å². The number of primary sulfonamides is 1. The van der Waals surface area contributed by atoms with E-state index in [2.05, 4.69) is 30.3 Å². The van der Waals surface area contributed by atoms with Gasteiger partial charge in [-0.05, 0) is 63.2 Å². The molecule has 0 saturated carbocycles. The molecular weight excluding hydrogens is 608 g/mol. The van der Waals surface area contributed by atoms with E-state index in [0.29, 0.717) is 46.4 Å². The summed E-state index contributed by atoms with van der Waals surface area (Å²) in [6.07, 6.45) is 3.79. The number of likely N-dealkylation sites (N-methyl/N-ethyl adjacent to an activating group) is 1. The van der Waals surface area contributed by atoms with Gasteiger partial charge in [0.15, 0.2) is 0 Å². The number of nitrogens with one attached hydrogen (secondary N) is 3. The Balaban J connectivity index is 1.53. The quantitative estimate of drug-likeness (QED) is 0.265. The minimum atomic E-state index is -3.94. The molecule has 2 aromatic carbocycles. The molecule has 14 nitrogen and oxygen atoms in total. The molecule has 0 spiro atoms. The second kappa shape index (κ2) is 12.0. The Labute approximate surface area is 257 Å². The van der Waals surface area contributed by atoms with Gasteiger partial charge in [0, 0.05) is 53.1 Å². The van der Waals surface area contributed by atoms with Gasteiger partial charge in [-0.1, -0.05) is 18.2 Å². The smallest absolute Gasteiger partial charge is 0.254 e. The Morgan fingerprint density at radius 1 is 1.09 bits per heavy atom. The molecule has 44 heavy (non-hydrogen) atoms. The summed E-state index contributed by atoms with van der Waals surface area (Å²) < 4.78 is 54.5. The molecule has 2 aliphatic rings. The minimum absolute atomic E-state index is 0.0773. The van der Waals surface area contributed by atoms with E-state index in [1.54, 1.807) is 69.1 Å². The van der Waals surface area contributed by atoms with E-state index in [9.17, 15) is 22.0 Å². The minimum Gasteiger partial charge on any atom is -0.755 e. The number of fused-ring (bicyclic) bond motifs is 1. The summed E-state index contributed by atoms with van der Waals surface area (Å²) >= 11 is -2.50. The number of hydrogen-bond donors (Lipinski definition) is 4. The average molecular weight is 640 g/mol. The second-order valence-corrected chi connectivity index (χ2v) is 13.1. The Hall–Kier alpha value is -4.22. The lowest BCUT2D eigenvalue weighted by Crippen LogP contribution is -2.61. The van der Waals surface area contributed by atoms with Gasteiger partial charge in [-0.15, -0.1) is 0 Å². The number of hydrogen-bond acceptors (Lipinski definition) is 11. The molecule has 0 bridgehead atoms.